The number of hydrogen-bond donors (Lipinski definition) is 0. The molecule has 72 valence electrons. The van der Waals surface area contributed by atoms with Gasteiger partial charge in [-0.2, -0.15) is 5.26 Å². The maximum absolute atomic E-state index is 10.6. The fourth-order valence-corrected chi connectivity index (χ4v) is 1.56. The standard InChI is InChI=1S/C9H8N2O2S/c1-14-8-2-3-9(11(12)13)7(6-8)4-5-10/h2-3,6H,4H2,1H3. The molecule has 0 aliphatic rings. The molecule has 0 spiro atoms. The molecule has 0 aromatic heterocycles. The summed E-state index contributed by atoms with van der Waals surface area (Å²) in [6.45, 7) is 0. The predicted octanol–water partition coefficient (Wildman–Crippen LogP) is 2.38. The Labute approximate surface area is 85.7 Å². The minimum atomic E-state index is -0.462. The molecule has 4 nitrogen and oxygen atoms in total. The minimum Gasteiger partial charge on any atom is -0.258 e. The van der Waals surface area contributed by atoms with Crippen LogP contribution < -0.4 is 0 Å². The maximum atomic E-state index is 10.6. The third-order valence-electron chi connectivity index (χ3n) is 1.75. The smallest absolute Gasteiger partial charge is 0.258 e. The lowest BCUT2D eigenvalue weighted by Gasteiger charge is -2.00. The van der Waals surface area contributed by atoms with Crippen LogP contribution in [0.25, 0.3) is 0 Å². The van der Waals surface area contributed by atoms with Crippen LogP contribution in [0.15, 0.2) is 23.1 Å². The Balaban J connectivity index is 3.18. The molecule has 5 heteroatoms. The first-order valence-corrected chi connectivity index (χ1v) is 5.09. The van der Waals surface area contributed by atoms with Gasteiger partial charge < -0.3 is 0 Å². The summed E-state index contributed by atoms with van der Waals surface area (Å²) >= 11 is 1.50. The van der Waals surface area contributed by atoms with E-state index in [2.05, 4.69) is 0 Å². The van der Waals surface area contributed by atoms with Gasteiger partial charge in [0.05, 0.1) is 17.4 Å². The van der Waals surface area contributed by atoms with E-state index in [1.54, 1.807) is 12.1 Å². The molecule has 14 heavy (non-hydrogen) atoms. The summed E-state index contributed by atoms with van der Waals surface area (Å²) in [7, 11) is 0. The van der Waals surface area contributed by atoms with E-state index < -0.39 is 4.92 Å². The Hall–Kier alpha value is -1.54. The van der Waals surface area contributed by atoms with Crippen LogP contribution in [-0.4, -0.2) is 11.2 Å². The van der Waals surface area contributed by atoms with Crippen molar-refractivity contribution in [3.05, 3.63) is 33.9 Å². The lowest BCUT2D eigenvalue weighted by atomic mass is 10.1. The number of hydrogen-bond acceptors (Lipinski definition) is 4. The molecular weight excluding hydrogens is 200 g/mol. The Bertz CT molecular complexity index is 398. The van der Waals surface area contributed by atoms with Crippen molar-refractivity contribution in [2.24, 2.45) is 0 Å². The van der Waals surface area contributed by atoms with Crippen LogP contribution in [0.5, 0.6) is 0 Å². The molecule has 0 bridgehead atoms. The van der Waals surface area contributed by atoms with Gasteiger partial charge in [-0.05, 0) is 18.4 Å². The molecule has 0 N–H and O–H groups in total. The topological polar surface area (TPSA) is 66.9 Å². The molecule has 1 aromatic carbocycles. The SMILES string of the molecule is CSc1ccc([N+](=O)[O-])c(CC#N)c1. The maximum Gasteiger partial charge on any atom is 0.273 e. The van der Waals surface area contributed by atoms with Crippen molar-refractivity contribution in [1.29, 1.82) is 5.26 Å². The first kappa shape index (κ1) is 10.5. The van der Waals surface area contributed by atoms with Crippen LogP contribution >= 0.6 is 11.8 Å². The Kier molecular flexibility index (Phi) is 3.48. The quantitative estimate of drug-likeness (QED) is 0.434. The second-order valence-electron chi connectivity index (χ2n) is 2.59. The van der Waals surface area contributed by atoms with Gasteiger partial charge in [0.25, 0.3) is 5.69 Å². The van der Waals surface area contributed by atoms with Gasteiger partial charge in [-0.1, -0.05) is 0 Å². The molecule has 0 saturated carbocycles. The fourth-order valence-electron chi connectivity index (χ4n) is 1.09. The van der Waals surface area contributed by atoms with E-state index in [4.69, 9.17) is 5.26 Å². The summed E-state index contributed by atoms with van der Waals surface area (Å²) in [5, 5.41) is 19.1. The molecule has 0 atom stereocenters. The van der Waals surface area contributed by atoms with E-state index in [-0.39, 0.29) is 12.1 Å². The second-order valence-corrected chi connectivity index (χ2v) is 3.47. The molecule has 0 radical (unpaired) electrons. The zero-order chi connectivity index (χ0) is 10.6. The van der Waals surface area contributed by atoms with E-state index in [0.29, 0.717) is 5.56 Å². The van der Waals surface area contributed by atoms with Crippen LogP contribution in [0.1, 0.15) is 5.56 Å². The largest absolute Gasteiger partial charge is 0.273 e. The average Bonchev–Trinajstić information content (AvgIpc) is 2.17. The van der Waals surface area contributed by atoms with Gasteiger partial charge in [-0.3, -0.25) is 10.1 Å². The normalized spacial score (nSPS) is 9.43. The van der Waals surface area contributed by atoms with Gasteiger partial charge >= 0.3 is 0 Å². The Morgan fingerprint density at radius 3 is 2.86 bits per heavy atom. The monoisotopic (exact) mass is 208 g/mol. The first-order chi connectivity index (χ1) is 6.69. The van der Waals surface area contributed by atoms with Crippen LogP contribution in [-0.2, 0) is 6.42 Å². The summed E-state index contributed by atoms with van der Waals surface area (Å²) in [6.07, 6.45) is 1.96. The van der Waals surface area contributed by atoms with Crippen molar-refractivity contribution >= 4 is 17.4 Å². The van der Waals surface area contributed by atoms with Gasteiger partial charge in [0.2, 0.25) is 0 Å². The third-order valence-corrected chi connectivity index (χ3v) is 2.48. The van der Waals surface area contributed by atoms with Gasteiger partial charge in [-0.15, -0.1) is 11.8 Å². The van der Waals surface area contributed by atoms with Crippen LogP contribution in [0.4, 0.5) is 5.69 Å². The molecule has 0 unspecified atom stereocenters. The van der Waals surface area contributed by atoms with Crippen LogP contribution in [0, 0.1) is 21.4 Å². The first-order valence-electron chi connectivity index (χ1n) is 3.87. The van der Waals surface area contributed by atoms with Gasteiger partial charge in [0.1, 0.15) is 0 Å². The van der Waals surface area contributed by atoms with E-state index in [9.17, 15) is 10.1 Å². The number of nitriles is 1. The zero-order valence-corrected chi connectivity index (χ0v) is 8.37. The molecule has 1 rings (SSSR count). The summed E-state index contributed by atoms with van der Waals surface area (Å²) in [4.78, 5) is 11.1. The number of thioether (sulfide) groups is 1. The number of nitro benzene ring substituents is 1. The highest BCUT2D eigenvalue weighted by Crippen LogP contribution is 2.24. The van der Waals surface area contributed by atoms with Gasteiger partial charge in [0, 0.05) is 16.5 Å². The molecular formula is C9H8N2O2S. The van der Waals surface area contributed by atoms with Gasteiger partial charge in [0.15, 0.2) is 0 Å². The molecule has 0 heterocycles. The molecule has 0 amide bonds. The van der Waals surface area contributed by atoms with Crippen molar-refractivity contribution in [1.82, 2.24) is 0 Å². The van der Waals surface area contributed by atoms with Crippen molar-refractivity contribution in [3.8, 4) is 6.07 Å². The summed E-state index contributed by atoms with van der Waals surface area (Å²) in [6, 6.07) is 6.73. The van der Waals surface area contributed by atoms with Crippen molar-refractivity contribution in [3.63, 3.8) is 0 Å². The van der Waals surface area contributed by atoms with Gasteiger partial charge in [-0.25, -0.2) is 0 Å². The highest BCUT2D eigenvalue weighted by atomic mass is 32.2. The second kappa shape index (κ2) is 4.63. The zero-order valence-electron chi connectivity index (χ0n) is 7.56. The van der Waals surface area contributed by atoms with E-state index in [1.807, 2.05) is 12.3 Å². The van der Waals surface area contributed by atoms with Crippen molar-refractivity contribution < 1.29 is 4.92 Å². The lowest BCUT2D eigenvalue weighted by Crippen LogP contribution is -1.94. The van der Waals surface area contributed by atoms with E-state index in [0.717, 1.165) is 4.90 Å². The Morgan fingerprint density at radius 1 is 1.64 bits per heavy atom. The summed E-state index contributed by atoms with van der Waals surface area (Å²) in [5.41, 5.74) is 0.494. The summed E-state index contributed by atoms with van der Waals surface area (Å²) in [5.74, 6) is 0. The highest BCUT2D eigenvalue weighted by Gasteiger charge is 2.13. The number of rotatable bonds is 3. The number of nitro groups is 1. The highest BCUT2D eigenvalue weighted by molar-refractivity contribution is 7.98. The summed E-state index contributed by atoms with van der Waals surface area (Å²) < 4.78 is 0. The van der Waals surface area contributed by atoms with Crippen molar-refractivity contribution in [2.45, 2.75) is 11.3 Å². The molecule has 0 saturated heterocycles. The Morgan fingerprint density at radius 2 is 2.36 bits per heavy atom. The number of benzene rings is 1. The molecule has 0 fully saturated rings. The molecule has 1 aromatic rings. The predicted molar refractivity (Wildman–Crippen MR) is 54.2 cm³/mol. The van der Waals surface area contributed by atoms with Crippen LogP contribution in [0.2, 0.25) is 0 Å². The fraction of sp³-hybridized carbons (Fsp3) is 0.222. The number of nitrogens with zero attached hydrogens (tertiary/aromatic N) is 2. The van der Waals surface area contributed by atoms with Crippen molar-refractivity contribution in [2.75, 3.05) is 6.26 Å². The van der Waals surface area contributed by atoms with Crippen LogP contribution in [0.3, 0.4) is 0 Å². The average molecular weight is 208 g/mol. The van der Waals surface area contributed by atoms with E-state index in [1.165, 1.54) is 17.8 Å². The molecule has 0 aliphatic carbocycles. The lowest BCUT2D eigenvalue weighted by molar-refractivity contribution is -0.385. The molecule has 0 aliphatic heterocycles. The minimum absolute atomic E-state index is 0.0179. The third kappa shape index (κ3) is 2.24. The van der Waals surface area contributed by atoms with E-state index >= 15 is 0 Å².